The summed E-state index contributed by atoms with van der Waals surface area (Å²) in [7, 11) is 0. The number of anilines is 2. The number of rotatable bonds is 4. The predicted molar refractivity (Wildman–Crippen MR) is 97.1 cm³/mol. The average Bonchev–Trinajstić information content (AvgIpc) is 2.56. The summed E-state index contributed by atoms with van der Waals surface area (Å²) in [4.78, 5) is 44.0. The Morgan fingerprint density at radius 2 is 2.04 bits per heavy atom. The zero-order chi connectivity index (χ0) is 18.0. The van der Waals surface area contributed by atoms with Gasteiger partial charge < -0.3 is 15.6 Å². The van der Waals surface area contributed by atoms with Crippen molar-refractivity contribution in [3.05, 3.63) is 45.7 Å². The first-order valence-electron chi connectivity index (χ1n) is 7.92. The summed E-state index contributed by atoms with van der Waals surface area (Å²) in [6.45, 7) is 3.88. The number of aryl methyl sites for hydroxylation is 1. The van der Waals surface area contributed by atoms with Crippen molar-refractivity contribution >= 4 is 35.1 Å². The standard InChI is InChI=1S/C17H18N4O3S/c1-3-25-17-20-14-13(16(24)21-17)11(8-12(22)19-14)15(23)18-10-6-4-9(2)5-7-10/h4-7,11H,3,8H2,1-2H3,(H,18,23)(H2,19,20,21,22,24). The lowest BCUT2D eigenvalue weighted by Crippen LogP contribution is -2.36. The second-order valence-corrected chi connectivity index (χ2v) is 6.98. The fourth-order valence-electron chi connectivity index (χ4n) is 2.65. The molecule has 2 amide bonds. The maximum atomic E-state index is 12.6. The van der Waals surface area contributed by atoms with Crippen LogP contribution in [0.25, 0.3) is 0 Å². The number of hydrogen-bond acceptors (Lipinski definition) is 5. The molecule has 3 rings (SSSR count). The largest absolute Gasteiger partial charge is 0.326 e. The van der Waals surface area contributed by atoms with E-state index >= 15 is 0 Å². The van der Waals surface area contributed by atoms with Gasteiger partial charge in [0, 0.05) is 12.1 Å². The molecule has 3 N–H and O–H groups in total. The maximum Gasteiger partial charge on any atom is 0.257 e. The van der Waals surface area contributed by atoms with E-state index in [0.29, 0.717) is 10.8 Å². The van der Waals surface area contributed by atoms with E-state index in [2.05, 4.69) is 20.6 Å². The van der Waals surface area contributed by atoms with E-state index in [1.165, 1.54) is 11.8 Å². The molecule has 0 radical (unpaired) electrons. The number of aromatic nitrogens is 2. The van der Waals surface area contributed by atoms with Crippen LogP contribution in [0.1, 0.15) is 30.4 Å². The van der Waals surface area contributed by atoms with Gasteiger partial charge in [0.15, 0.2) is 5.16 Å². The third-order valence-electron chi connectivity index (χ3n) is 3.85. The molecule has 0 fully saturated rings. The number of H-pyrrole nitrogens is 1. The smallest absolute Gasteiger partial charge is 0.257 e. The highest BCUT2D eigenvalue weighted by atomic mass is 32.2. The van der Waals surface area contributed by atoms with Crippen LogP contribution in [0.2, 0.25) is 0 Å². The summed E-state index contributed by atoms with van der Waals surface area (Å²) in [5, 5.41) is 5.78. The molecule has 2 aromatic rings. The quantitative estimate of drug-likeness (QED) is 0.574. The molecular formula is C17H18N4O3S. The SMILES string of the molecule is CCSc1nc2c(c(=O)[nH]1)C(C(=O)Nc1ccc(C)cc1)CC(=O)N2. The monoisotopic (exact) mass is 358 g/mol. The topological polar surface area (TPSA) is 104 Å². The van der Waals surface area contributed by atoms with Crippen molar-refractivity contribution in [2.45, 2.75) is 31.3 Å². The highest BCUT2D eigenvalue weighted by Gasteiger charge is 2.34. The maximum absolute atomic E-state index is 12.6. The zero-order valence-corrected chi connectivity index (χ0v) is 14.7. The van der Waals surface area contributed by atoms with Gasteiger partial charge in [0.05, 0.1) is 11.5 Å². The van der Waals surface area contributed by atoms with Crippen LogP contribution < -0.4 is 16.2 Å². The third kappa shape index (κ3) is 3.74. The molecule has 0 saturated carbocycles. The number of hydrogen-bond donors (Lipinski definition) is 3. The van der Waals surface area contributed by atoms with E-state index in [4.69, 9.17) is 0 Å². The molecule has 1 aliphatic rings. The fraction of sp³-hybridized carbons (Fsp3) is 0.294. The van der Waals surface area contributed by atoms with Crippen LogP contribution in [0.5, 0.6) is 0 Å². The molecule has 0 saturated heterocycles. The number of carbonyl (C=O) groups excluding carboxylic acids is 2. The van der Waals surface area contributed by atoms with Crippen molar-refractivity contribution in [3.63, 3.8) is 0 Å². The number of benzene rings is 1. The van der Waals surface area contributed by atoms with Gasteiger partial charge in [-0.15, -0.1) is 0 Å². The molecule has 1 aliphatic heterocycles. The Hall–Kier alpha value is -2.61. The van der Waals surface area contributed by atoms with Crippen LogP contribution in [-0.4, -0.2) is 27.5 Å². The van der Waals surface area contributed by atoms with Gasteiger partial charge in [-0.25, -0.2) is 4.98 Å². The first-order chi connectivity index (χ1) is 12.0. The summed E-state index contributed by atoms with van der Waals surface area (Å²) in [6, 6.07) is 7.31. The van der Waals surface area contributed by atoms with E-state index in [1.54, 1.807) is 12.1 Å². The number of amides is 2. The van der Waals surface area contributed by atoms with Gasteiger partial charge in [-0.3, -0.25) is 14.4 Å². The molecule has 8 heteroatoms. The van der Waals surface area contributed by atoms with Crippen LogP contribution in [0, 0.1) is 6.92 Å². The van der Waals surface area contributed by atoms with E-state index < -0.39 is 17.4 Å². The Balaban J connectivity index is 1.92. The van der Waals surface area contributed by atoms with Crippen LogP contribution in [-0.2, 0) is 9.59 Å². The van der Waals surface area contributed by atoms with Crippen molar-refractivity contribution in [3.8, 4) is 0 Å². The second kappa shape index (κ2) is 7.10. The Bertz CT molecular complexity index is 876. The third-order valence-corrected chi connectivity index (χ3v) is 4.60. The molecular weight excluding hydrogens is 340 g/mol. The molecule has 1 unspecified atom stereocenters. The lowest BCUT2D eigenvalue weighted by Gasteiger charge is -2.23. The van der Waals surface area contributed by atoms with Gasteiger partial charge in [0.2, 0.25) is 11.8 Å². The van der Waals surface area contributed by atoms with Crippen molar-refractivity contribution in [1.29, 1.82) is 0 Å². The zero-order valence-electron chi connectivity index (χ0n) is 13.9. The summed E-state index contributed by atoms with van der Waals surface area (Å²) < 4.78 is 0. The fourth-order valence-corrected chi connectivity index (χ4v) is 3.24. The molecule has 1 aromatic heterocycles. The van der Waals surface area contributed by atoms with Crippen LogP contribution in [0.15, 0.2) is 34.2 Å². The second-order valence-electron chi connectivity index (χ2n) is 5.73. The van der Waals surface area contributed by atoms with Gasteiger partial charge in [0.1, 0.15) is 5.82 Å². The van der Waals surface area contributed by atoms with E-state index in [0.717, 1.165) is 11.3 Å². The molecule has 130 valence electrons. The number of fused-ring (bicyclic) bond motifs is 1. The number of aromatic amines is 1. The van der Waals surface area contributed by atoms with Crippen molar-refractivity contribution in [1.82, 2.24) is 9.97 Å². The molecule has 1 atom stereocenters. The first-order valence-corrected chi connectivity index (χ1v) is 8.91. The summed E-state index contributed by atoms with van der Waals surface area (Å²) in [5.74, 6) is -0.709. The normalized spacial score (nSPS) is 16.1. The molecule has 0 bridgehead atoms. The number of nitrogens with one attached hydrogen (secondary N) is 3. The Morgan fingerprint density at radius 1 is 1.32 bits per heavy atom. The Kier molecular flexibility index (Phi) is 4.89. The Morgan fingerprint density at radius 3 is 2.72 bits per heavy atom. The van der Waals surface area contributed by atoms with Crippen molar-refractivity contribution in [2.24, 2.45) is 0 Å². The highest BCUT2D eigenvalue weighted by molar-refractivity contribution is 7.99. The minimum atomic E-state index is -0.873. The van der Waals surface area contributed by atoms with Gasteiger partial charge in [-0.1, -0.05) is 36.4 Å². The summed E-state index contributed by atoms with van der Waals surface area (Å²) in [6.07, 6.45) is -0.0876. The minimum Gasteiger partial charge on any atom is -0.326 e. The molecule has 0 aliphatic carbocycles. The van der Waals surface area contributed by atoms with Gasteiger partial charge >= 0.3 is 0 Å². The van der Waals surface area contributed by atoms with Crippen molar-refractivity contribution in [2.75, 3.05) is 16.4 Å². The summed E-state index contributed by atoms with van der Waals surface area (Å²) >= 11 is 1.36. The highest BCUT2D eigenvalue weighted by Crippen LogP contribution is 2.30. The van der Waals surface area contributed by atoms with Crippen LogP contribution >= 0.6 is 11.8 Å². The van der Waals surface area contributed by atoms with Crippen LogP contribution in [0.4, 0.5) is 11.5 Å². The number of carbonyl (C=O) groups is 2. The molecule has 1 aromatic carbocycles. The summed E-state index contributed by atoms with van der Waals surface area (Å²) in [5.41, 5.74) is 1.49. The lowest BCUT2D eigenvalue weighted by molar-refractivity contribution is -0.123. The first kappa shape index (κ1) is 17.2. The van der Waals surface area contributed by atoms with Gasteiger partial charge in [-0.05, 0) is 24.8 Å². The number of nitrogens with zero attached hydrogens (tertiary/aromatic N) is 1. The van der Waals surface area contributed by atoms with E-state index in [9.17, 15) is 14.4 Å². The average molecular weight is 358 g/mol. The molecule has 2 heterocycles. The van der Waals surface area contributed by atoms with E-state index in [-0.39, 0.29) is 23.7 Å². The van der Waals surface area contributed by atoms with Crippen molar-refractivity contribution < 1.29 is 9.59 Å². The molecule has 0 spiro atoms. The Labute approximate surface area is 148 Å². The van der Waals surface area contributed by atoms with E-state index in [1.807, 2.05) is 26.0 Å². The molecule has 7 nitrogen and oxygen atoms in total. The minimum absolute atomic E-state index is 0.0876. The molecule has 25 heavy (non-hydrogen) atoms. The number of thioether (sulfide) groups is 1. The lowest BCUT2D eigenvalue weighted by atomic mass is 9.92. The van der Waals surface area contributed by atoms with Crippen LogP contribution in [0.3, 0.4) is 0 Å². The van der Waals surface area contributed by atoms with Gasteiger partial charge in [-0.2, -0.15) is 0 Å². The predicted octanol–water partition coefficient (Wildman–Crippen LogP) is 2.25. The van der Waals surface area contributed by atoms with Gasteiger partial charge in [0.25, 0.3) is 5.56 Å².